The average Bonchev–Trinajstić information content (AvgIpc) is 2.82. The van der Waals surface area contributed by atoms with E-state index in [1.807, 2.05) is 18.2 Å². The van der Waals surface area contributed by atoms with Gasteiger partial charge in [-0.25, -0.2) is 0 Å². The van der Waals surface area contributed by atoms with Crippen molar-refractivity contribution in [2.45, 2.75) is 0 Å². The molecule has 144 valence electrons. The van der Waals surface area contributed by atoms with Crippen molar-refractivity contribution >= 4 is 36.5 Å². The molecule has 0 aliphatic carbocycles. The third kappa shape index (κ3) is 5.80. The zero-order valence-electron chi connectivity index (χ0n) is 16.9. The summed E-state index contributed by atoms with van der Waals surface area (Å²) >= 11 is 0. The minimum absolute atomic E-state index is 1.18. The smallest absolute Gasteiger partial charge is 0.0245 e. The van der Waals surface area contributed by atoms with E-state index >= 15 is 0 Å². The predicted octanol–water partition coefficient (Wildman–Crippen LogP) is 8.20. The van der Waals surface area contributed by atoms with Crippen LogP contribution in [0.25, 0.3) is 36.5 Å². The van der Waals surface area contributed by atoms with Gasteiger partial charge in [-0.15, -0.1) is 0 Å². The van der Waals surface area contributed by atoms with Gasteiger partial charge in [0, 0.05) is 0 Å². The summed E-state index contributed by atoms with van der Waals surface area (Å²) in [5, 5.41) is 0. The average molecular weight is 385 g/mol. The van der Waals surface area contributed by atoms with Gasteiger partial charge in [0.25, 0.3) is 0 Å². The standard InChI is InChI=1S/C30H24/c1-4-10-25(11-5-1)16-19-28-22-29(20-17-26-12-6-2-7-13-26)24-30(23-28)21-18-27-14-8-3-9-15-27/h1-24H/b19-16-,20-17+,21-18+. The maximum absolute atomic E-state index is 2.22. The van der Waals surface area contributed by atoms with E-state index in [1.54, 1.807) is 0 Å². The highest BCUT2D eigenvalue weighted by atomic mass is 14.0. The Balaban J connectivity index is 1.65. The Hall–Kier alpha value is -3.90. The van der Waals surface area contributed by atoms with Gasteiger partial charge < -0.3 is 0 Å². The van der Waals surface area contributed by atoms with Crippen LogP contribution >= 0.6 is 0 Å². The Kier molecular flexibility index (Phi) is 6.50. The van der Waals surface area contributed by atoms with Crippen molar-refractivity contribution in [1.29, 1.82) is 0 Å². The van der Waals surface area contributed by atoms with Crippen LogP contribution < -0.4 is 0 Å². The first-order valence-corrected chi connectivity index (χ1v) is 10.2. The Morgan fingerprint density at radius 3 is 0.767 bits per heavy atom. The van der Waals surface area contributed by atoms with E-state index in [0.717, 1.165) is 0 Å². The normalized spacial score (nSPS) is 11.6. The van der Waals surface area contributed by atoms with Gasteiger partial charge in [-0.3, -0.25) is 0 Å². The zero-order chi connectivity index (χ0) is 20.4. The molecule has 0 nitrogen and oxygen atoms in total. The van der Waals surface area contributed by atoms with Gasteiger partial charge in [-0.05, 0) is 51.6 Å². The molecule has 0 heterocycles. The molecule has 0 amide bonds. The van der Waals surface area contributed by atoms with Crippen LogP contribution in [0, 0.1) is 0 Å². The molecule has 0 unspecified atom stereocenters. The lowest BCUT2D eigenvalue weighted by molar-refractivity contribution is 1.58. The molecule has 0 aliphatic heterocycles. The summed E-state index contributed by atoms with van der Waals surface area (Å²) in [5.74, 6) is 0. The largest absolute Gasteiger partial charge is 0.0622 e. The predicted molar refractivity (Wildman–Crippen MR) is 133 cm³/mol. The molecule has 0 aliphatic rings. The van der Waals surface area contributed by atoms with Gasteiger partial charge >= 0.3 is 0 Å². The van der Waals surface area contributed by atoms with Crippen LogP contribution in [0.4, 0.5) is 0 Å². The highest BCUT2D eigenvalue weighted by molar-refractivity contribution is 5.78. The van der Waals surface area contributed by atoms with Gasteiger partial charge in [0.15, 0.2) is 0 Å². The van der Waals surface area contributed by atoms with E-state index in [2.05, 4.69) is 127 Å². The Labute approximate surface area is 179 Å². The van der Waals surface area contributed by atoms with Gasteiger partial charge in [-0.1, -0.05) is 127 Å². The Morgan fingerprint density at radius 1 is 0.267 bits per heavy atom. The summed E-state index contributed by atoms with van der Waals surface area (Å²) in [6.07, 6.45) is 13.0. The van der Waals surface area contributed by atoms with Crippen molar-refractivity contribution < 1.29 is 0 Å². The quantitative estimate of drug-likeness (QED) is 0.294. The number of benzene rings is 4. The van der Waals surface area contributed by atoms with Gasteiger partial charge in [0.05, 0.1) is 0 Å². The maximum atomic E-state index is 2.22. The van der Waals surface area contributed by atoms with E-state index in [9.17, 15) is 0 Å². The molecule has 0 radical (unpaired) electrons. The van der Waals surface area contributed by atoms with Crippen LogP contribution in [0.1, 0.15) is 33.4 Å². The van der Waals surface area contributed by atoms with Crippen molar-refractivity contribution in [3.8, 4) is 0 Å². The van der Waals surface area contributed by atoms with Gasteiger partial charge in [0.1, 0.15) is 0 Å². The molecule has 4 rings (SSSR count). The van der Waals surface area contributed by atoms with Crippen molar-refractivity contribution in [2.24, 2.45) is 0 Å². The summed E-state index contributed by atoms with van der Waals surface area (Å²) in [4.78, 5) is 0. The molecular formula is C30H24. The maximum Gasteiger partial charge on any atom is -0.0245 e. The lowest BCUT2D eigenvalue weighted by atomic mass is 10.0. The second-order valence-electron chi connectivity index (χ2n) is 7.17. The Bertz CT molecular complexity index is 985. The van der Waals surface area contributed by atoms with Gasteiger partial charge in [0.2, 0.25) is 0 Å². The van der Waals surface area contributed by atoms with Crippen LogP contribution in [0.3, 0.4) is 0 Å². The molecule has 0 N–H and O–H groups in total. The van der Waals surface area contributed by atoms with E-state index < -0.39 is 0 Å². The molecule has 4 aromatic rings. The molecule has 4 aromatic carbocycles. The summed E-state index contributed by atoms with van der Waals surface area (Å²) in [6, 6.07) is 37.9. The molecule has 0 aromatic heterocycles. The number of hydrogen-bond donors (Lipinski definition) is 0. The van der Waals surface area contributed by atoms with Crippen LogP contribution in [0.2, 0.25) is 0 Å². The lowest BCUT2D eigenvalue weighted by Gasteiger charge is -2.03. The van der Waals surface area contributed by atoms with Crippen LogP contribution in [-0.4, -0.2) is 0 Å². The molecular weight excluding hydrogens is 360 g/mol. The summed E-state index contributed by atoms with van der Waals surface area (Å²) in [7, 11) is 0. The third-order valence-corrected chi connectivity index (χ3v) is 4.80. The number of rotatable bonds is 6. The zero-order valence-corrected chi connectivity index (χ0v) is 16.9. The summed E-state index contributed by atoms with van der Waals surface area (Å²) in [5.41, 5.74) is 7.14. The molecule has 0 saturated carbocycles. The topological polar surface area (TPSA) is 0 Å². The fraction of sp³-hybridized carbons (Fsp3) is 0. The van der Waals surface area contributed by atoms with Crippen molar-refractivity contribution in [3.05, 3.63) is 143 Å². The molecule has 0 heteroatoms. The molecule has 0 bridgehead atoms. The second kappa shape index (κ2) is 10.0. The second-order valence-corrected chi connectivity index (χ2v) is 7.17. The van der Waals surface area contributed by atoms with Crippen molar-refractivity contribution in [2.75, 3.05) is 0 Å². The summed E-state index contributed by atoms with van der Waals surface area (Å²) in [6.45, 7) is 0. The highest BCUT2D eigenvalue weighted by Crippen LogP contribution is 2.18. The summed E-state index contributed by atoms with van der Waals surface area (Å²) < 4.78 is 0. The Morgan fingerprint density at radius 2 is 0.500 bits per heavy atom. The van der Waals surface area contributed by atoms with E-state index in [0.29, 0.717) is 0 Å². The minimum atomic E-state index is 1.18. The van der Waals surface area contributed by atoms with Gasteiger partial charge in [-0.2, -0.15) is 0 Å². The monoisotopic (exact) mass is 384 g/mol. The van der Waals surface area contributed by atoms with E-state index in [-0.39, 0.29) is 0 Å². The molecule has 0 atom stereocenters. The molecule has 30 heavy (non-hydrogen) atoms. The molecule has 0 saturated heterocycles. The first-order valence-electron chi connectivity index (χ1n) is 10.2. The fourth-order valence-corrected chi connectivity index (χ4v) is 3.26. The van der Waals surface area contributed by atoms with Crippen LogP contribution in [0.5, 0.6) is 0 Å². The SMILES string of the molecule is C(=C/c1cc(/C=C/c2ccccc2)cc(/C=C/c2ccccc2)c1)/c1ccccc1. The third-order valence-electron chi connectivity index (χ3n) is 4.80. The first kappa shape index (κ1) is 19.4. The van der Waals surface area contributed by atoms with Crippen LogP contribution in [-0.2, 0) is 0 Å². The van der Waals surface area contributed by atoms with Crippen LogP contribution in [0.15, 0.2) is 109 Å². The molecule has 0 spiro atoms. The minimum Gasteiger partial charge on any atom is -0.0622 e. The van der Waals surface area contributed by atoms with E-state index in [4.69, 9.17) is 0 Å². The van der Waals surface area contributed by atoms with Crippen molar-refractivity contribution in [1.82, 2.24) is 0 Å². The molecule has 0 fully saturated rings. The first-order chi connectivity index (χ1) is 14.8. The van der Waals surface area contributed by atoms with Crippen molar-refractivity contribution in [3.63, 3.8) is 0 Å². The lowest BCUT2D eigenvalue weighted by Crippen LogP contribution is -1.82. The number of hydrogen-bond acceptors (Lipinski definition) is 0. The van der Waals surface area contributed by atoms with E-state index in [1.165, 1.54) is 33.4 Å². The highest BCUT2D eigenvalue weighted by Gasteiger charge is 1.97. The fourth-order valence-electron chi connectivity index (χ4n) is 3.26.